The predicted molar refractivity (Wildman–Crippen MR) is 57.9 cm³/mol. The zero-order valence-corrected chi connectivity index (χ0v) is 9.08. The number of amides is 1. The van der Waals surface area contributed by atoms with E-state index in [2.05, 4.69) is 4.99 Å². The Hall–Kier alpha value is -1.12. The van der Waals surface area contributed by atoms with Gasteiger partial charge in [-0.05, 0) is 5.41 Å². The summed E-state index contributed by atoms with van der Waals surface area (Å²) in [5.41, 5.74) is 6.28. The largest absolute Gasteiger partial charge is 0.369 e. The van der Waals surface area contributed by atoms with Crippen LogP contribution in [0.2, 0.25) is 0 Å². The molecule has 0 radical (unpaired) electrons. The summed E-state index contributed by atoms with van der Waals surface area (Å²) in [6, 6.07) is 0. The molecule has 0 aromatic carbocycles. The summed E-state index contributed by atoms with van der Waals surface area (Å²) >= 11 is 0. The molecule has 1 atom stereocenters. The Morgan fingerprint density at radius 1 is 1.64 bits per heavy atom. The Labute approximate surface area is 85.1 Å². The number of aliphatic imine (C=N–C) groups is 1. The second-order valence-electron chi connectivity index (χ2n) is 4.77. The van der Waals surface area contributed by atoms with E-state index in [0.717, 1.165) is 12.1 Å². The summed E-state index contributed by atoms with van der Waals surface area (Å²) in [4.78, 5) is 15.5. The molecule has 14 heavy (non-hydrogen) atoms. The van der Waals surface area contributed by atoms with Crippen molar-refractivity contribution >= 4 is 12.1 Å². The van der Waals surface area contributed by atoms with Gasteiger partial charge in [0.15, 0.2) is 0 Å². The van der Waals surface area contributed by atoms with Crippen molar-refractivity contribution < 1.29 is 4.79 Å². The average molecular weight is 194 g/mol. The molecular formula is C11H18N2O. The van der Waals surface area contributed by atoms with E-state index in [9.17, 15) is 4.79 Å². The molecule has 3 heteroatoms. The fourth-order valence-corrected chi connectivity index (χ4v) is 1.59. The first-order valence-electron chi connectivity index (χ1n) is 4.92. The number of allylic oxidation sites excluding steroid dienone is 2. The molecule has 1 aliphatic heterocycles. The van der Waals surface area contributed by atoms with Gasteiger partial charge in [-0.2, -0.15) is 0 Å². The number of primary amides is 1. The molecule has 3 nitrogen and oxygen atoms in total. The predicted octanol–water partition coefficient (Wildman–Crippen LogP) is 1.88. The summed E-state index contributed by atoms with van der Waals surface area (Å²) in [5.74, 6) is -0.371. The maximum atomic E-state index is 11.3. The summed E-state index contributed by atoms with van der Waals surface area (Å²) in [7, 11) is 0. The van der Waals surface area contributed by atoms with Crippen molar-refractivity contribution in [1.82, 2.24) is 0 Å². The van der Waals surface area contributed by atoms with Crippen molar-refractivity contribution in [3.8, 4) is 0 Å². The van der Waals surface area contributed by atoms with Gasteiger partial charge < -0.3 is 5.73 Å². The highest BCUT2D eigenvalue weighted by atomic mass is 16.1. The minimum absolute atomic E-state index is 0.0925. The highest BCUT2D eigenvalue weighted by molar-refractivity contribution is 5.78. The number of hydrogen-bond acceptors (Lipinski definition) is 2. The first-order chi connectivity index (χ1) is 6.41. The number of carbonyl (C=O) groups excluding carboxylic acids is 1. The van der Waals surface area contributed by atoms with E-state index in [4.69, 9.17) is 5.73 Å². The highest BCUT2D eigenvalue weighted by Gasteiger charge is 2.30. The smallest absolute Gasteiger partial charge is 0.221 e. The standard InChI is InChI=1S/C11H18N2O/c1-11(2,3)9(10(12)14)7-8-5-4-6-13-8/h5-6,9H,4,7H2,1-3H3,(H2,12,14)/t9-/m0/s1. The van der Waals surface area contributed by atoms with Crippen LogP contribution in [-0.4, -0.2) is 12.1 Å². The molecule has 0 spiro atoms. The van der Waals surface area contributed by atoms with Gasteiger partial charge in [0.1, 0.15) is 0 Å². The fourth-order valence-electron chi connectivity index (χ4n) is 1.59. The minimum Gasteiger partial charge on any atom is -0.369 e. The lowest BCUT2D eigenvalue weighted by Crippen LogP contribution is -2.34. The van der Waals surface area contributed by atoms with Crippen LogP contribution in [-0.2, 0) is 4.79 Å². The van der Waals surface area contributed by atoms with Crippen LogP contribution >= 0.6 is 0 Å². The topological polar surface area (TPSA) is 55.4 Å². The van der Waals surface area contributed by atoms with E-state index < -0.39 is 0 Å². The SMILES string of the molecule is CC(C)(C)[C@@H](CC1=CCC=N1)C(N)=O. The number of hydrogen-bond donors (Lipinski definition) is 1. The highest BCUT2D eigenvalue weighted by Crippen LogP contribution is 2.31. The van der Waals surface area contributed by atoms with Crippen molar-refractivity contribution in [2.24, 2.45) is 22.1 Å². The first-order valence-corrected chi connectivity index (χ1v) is 4.92. The molecule has 0 bridgehead atoms. The maximum absolute atomic E-state index is 11.3. The van der Waals surface area contributed by atoms with E-state index in [1.807, 2.05) is 33.1 Å². The molecule has 1 aliphatic rings. The van der Waals surface area contributed by atoms with E-state index >= 15 is 0 Å². The summed E-state index contributed by atoms with van der Waals surface area (Å²) < 4.78 is 0. The second-order valence-corrected chi connectivity index (χ2v) is 4.77. The molecule has 0 saturated heterocycles. The molecule has 0 fully saturated rings. The number of carbonyl (C=O) groups is 1. The molecule has 2 N–H and O–H groups in total. The molecule has 1 rings (SSSR count). The van der Waals surface area contributed by atoms with Crippen molar-refractivity contribution in [1.29, 1.82) is 0 Å². The minimum atomic E-state index is -0.236. The van der Waals surface area contributed by atoms with E-state index in [1.54, 1.807) is 0 Å². The van der Waals surface area contributed by atoms with Gasteiger partial charge in [-0.1, -0.05) is 26.8 Å². The van der Waals surface area contributed by atoms with Crippen molar-refractivity contribution in [2.75, 3.05) is 0 Å². The third kappa shape index (κ3) is 2.69. The van der Waals surface area contributed by atoms with Gasteiger partial charge in [0.05, 0.1) is 0 Å². The number of nitrogens with zero attached hydrogens (tertiary/aromatic N) is 1. The molecule has 0 aliphatic carbocycles. The van der Waals surface area contributed by atoms with Crippen LogP contribution in [0.25, 0.3) is 0 Å². The Balaban J connectivity index is 2.70. The van der Waals surface area contributed by atoms with Crippen LogP contribution in [0.5, 0.6) is 0 Å². The number of rotatable bonds is 3. The van der Waals surface area contributed by atoms with Crippen molar-refractivity contribution in [2.45, 2.75) is 33.6 Å². The normalized spacial score (nSPS) is 18.1. The Kier molecular flexibility index (Phi) is 3.09. The Morgan fingerprint density at radius 3 is 2.64 bits per heavy atom. The fraction of sp³-hybridized carbons (Fsp3) is 0.636. The molecule has 1 amide bonds. The molecule has 0 saturated carbocycles. The molecule has 0 aromatic rings. The van der Waals surface area contributed by atoms with Crippen LogP contribution in [0.15, 0.2) is 16.8 Å². The van der Waals surface area contributed by atoms with E-state index in [1.165, 1.54) is 0 Å². The zero-order valence-electron chi connectivity index (χ0n) is 9.08. The Morgan fingerprint density at radius 2 is 2.29 bits per heavy atom. The third-order valence-corrected chi connectivity index (χ3v) is 2.52. The van der Waals surface area contributed by atoms with E-state index in [0.29, 0.717) is 6.42 Å². The average Bonchev–Trinajstić information content (AvgIpc) is 2.48. The van der Waals surface area contributed by atoms with Gasteiger partial charge in [-0.25, -0.2) is 0 Å². The van der Waals surface area contributed by atoms with Gasteiger partial charge in [-0.3, -0.25) is 9.79 Å². The van der Waals surface area contributed by atoms with Crippen molar-refractivity contribution in [3.05, 3.63) is 11.8 Å². The third-order valence-electron chi connectivity index (χ3n) is 2.52. The van der Waals surface area contributed by atoms with Crippen molar-refractivity contribution in [3.63, 3.8) is 0 Å². The molecule has 1 heterocycles. The van der Waals surface area contributed by atoms with Crippen LogP contribution in [0.3, 0.4) is 0 Å². The van der Waals surface area contributed by atoms with Crippen LogP contribution in [0, 0.1) is 11.3 Å². The van der Waals surface area contributed by atoms with Gasteiger partial charge in [0.2, 0.25) is 5.91 Å². The number of nitrogens with two attached hydrogens (primary N) is 1. The maximum Gasteiger partial charge on any atom is 0.221 e. The van der Waals surface area contributed by atoms with Crippen LogP contribution in [0.1, 0.15) is 33.6 Å². The quantitative estimate of drug-likeness (QED) is 0.732. The molecular weight excluding hydrogens is 176 g/mol. The lowest BCUT2D eigenvalue weighted by atomic mass is 9.77. The summed E-state index contributed by atoms with van der Waals surface area (Å²) in [6.07, 6.45) is 5.44. The molecule has 0 aromatic heterocycles. The van der Waals surface area contributed by atoms with Gasteiger partial charge >= 0.3 is 0 Å². The summed E-state index contributed by atoms with van der Waals surface area (Å²) in [5, 5.41) is 0. The lowest BCUT2D eigenvalue weighted by Gasteiger charge is -2.27. The second kappa shape index (κ2) is 3.95. The van der Waals surface area contributed by atoms with Crippen LogP contribution in [0.4, 0.5) is 0 Å². The lowest BCUT2D eigenvalue weighted by molar-refractivity contribution is -0.124. The Bertz CT molecular complexity index is 284. The first kappa shape index (κ1) is 11.0. The van der Waals surface area contributed by atoms with Crippen LogP contribution < -0.4 is 5.73 Å². The van der Waals surface area contributed by atoms with E-state index in [-0.39, 0.29) is 17.2 Å². The summed E-state index contributed by atoms with van der Waals surface area (Å²) in [6.45, 7) is 6.09. The monoisotopic (exact) mass is 194 g/mol. The molecule has 0 unspecified atom stereocenters. The van der Waals surface area contributed by atoms with Gasteiger partial charge in [0, 0.05) is 30.7 Å². The van der Waals surface area contributed by atoms with Gasteiger partial charge in [0.25, 0.3) is 0 Å². The molecule has 78 valence electrons. The van der Waals surface area contributed by atoms with Gasteiger partial charge in [-0.15, -0.1) is 0 Å². The zero-order chi connectivity index (χ0) is 10.8.